The molecule has 4 rings (SSSR count). The topological polar surface area (TPSA) is 80.1 Å². The maximum atomic E-state index is 12.9. The second kappa shape index (κ2) is 7.02. The van der Waals surface area contributed by atoms with Gasteiger partial charge in [0.1, 0.15) is 17.4 Å². The Labute approximate surface area is 143 Å². The van der Waals surface area contributed by atoms with Crippen LogP contribution in [0, 0.1) is 5.82 Å². The Morgan fingerprint density at radius 2 is 2.16 bits per heavy atom. The summed E-state index contributed by atoms with van der Waals surface area (Å²) < 4.78 is 24.1. The molecule has 0 radical (unpaired) electrons. The maximum absolute atomic E-state index is 12.9. The summed E-state index contributed by atoms with van der Waals surface area (Å²) in [5.41, 5.74) is 0. The standard InChI is InChI=1S/C17H18FN5O2/c18-13-1-3-14(4-2-13)24-11-16-21-22-17(25-16)12-5-8-23(9-12)10-15-19-6-7-20-15/h1-4,6-7,12H,5,8-11H2,(H,19,20)/t12-/m0/s1. The van der Waals surface area contributed by atoms with E-state index in [1.807, 2.05) is 6.20 Å². The molecule has 0 aliphatic carbocycles. The number of nitrogens with zero attached hydrogens (tertiary/aromatic N) is 4. The van der Waals surface area contributed by atoms with Crippen LogP contribution in [0.2, 0.25) is 0 Å². The van der Waals surface area contributed by atoms with Crippen LogP contribution in [0.25, 0.3) is 0 Å². The molecule has 130 valence electrons. The molecule has 3 aromatic rings. The van der Waals surface area contributed by atoms with Crippen LogP contribution in [-0.2, 0) is 13.2 Å². The van der Waals surface area contributed by atoms with Crippen molar-refractivity contribution in [2.75, 3.05) is 13.1 Å². The molecule has 1 fully saturated rings. The number of rotatable bonds is 6. The molecule has 25 heavy (non-hydrogen) atoms. The zero-order valence-electron chi connectivity index (χ0n) is 13.6. The number of halogens is 1. The molecule has 2 aromatic heterocycles. The highest BCUT2D eigenvalue weighted by atomic mass is 19.1. The zero-order chi connectivity index (χ0) is 17.1. The van der Waals surface area contributed by atoms with E-state index in [1.54, 1.807) is 18.3 Å². The number of benzene rings is 1. The molecule has 1 N–H and O–H groups in total. The first-order valence-electron chi connectivity index (χ1n) is 8.17. The summed E-state index contributed by atoms with van der Waals surface area (Å²) in [6.45, 7) is 2.79. The Bertz CT molecular complexity index is 803. The first-order valence-corrected chi connectivity index (χ1v) is 8.17. The average Bonchev–Trinajstić information content (AvgIpc) is 3.36. The maximum Gasteiger partial charge on any atom is 0.253 e. The molecule has 0 saturated carbocycles. The van der Waals surface area contributed by atoms with E-state index in [4.69, 9.17) is 9.15 Å². The van der Waals surface area contributed by atoms with Crippen molar-refractivity contribution in [2.45, 2.75) is 25.5 Å². The van der Waals surface area contributed by atoms with Crippen LogP contribution < -0.4 is 4.74 Å². The van der Waals surface area contributed by atoms with Gasteiger partial charge in [-0.3, -0.25) is 4.90 Å². The lowest BCUT2D eigenvalue weighted by Gasteiger charge is -2.12. The van der Waals surface area contributed by atoms with Gasteiger partial charge >= 0.3 is 0 Å². The lowest BCUT2D eigenvalue weighted by atomic mass is 10.1. The second-order valence-electron chi connectivity index (χ2n) is 6.03. The van der Waals surface area contributed by atoms with Crippen LogP contribution in [0.15, 0.2) is 41.1 Å². The number of aromatic amines is 1. The predicted molar refractivity (Wildman–Crippen MR) is 86.3 cm³/mol. The van der Waals surface area contributed by atoms with Crippen molar-refractivity contribution in [1.29, 1.82) is 0 Å². The summed E-state index contributed by atoms with van der Waals surface area (Å²) in [5, 5.41) is 8.19. The first kappa shape index (κ1) is 15.8. The quantitative estimate of drug-likeness (QED) is 0.741. The lowest BCUT2D eigenvalue weighted by molar-refractivity contribution is 0.254. The Hall–Kier alpha value is -2.74. The van der Waals surface area contributed by atoms with E-state index in [0.29, 0.717) is 17.5 Å². The minimum atomic E-state index is -0.298. The third-order valence-corrected chi connectivity index (χ3v) is 4.21. The molecule has 0 bridgehead atoms. The molecule has 1 atom stereocenters. The molecule has 1 aliphatic rings. The molecule has 1 aromatic carbocycles. The van der Waals surface area contributed by atoms with Crippen molar-refractivity contribution >= 4 is 0 Å². The second-order valence-corrected chi connectivity index (χ2v) is 6.03. The van der Waals surface area contributed by atoms with E-state index in [0.717, 1.165) is 31.9 Å². The molecule has 0 amide bonds. The minimum Gasteiger partial charge on any atom is -0.484 e. The van der Waals surface area contributed by atoms with Gasteiger partial charge in [-0.2, -0.15) is 0 Å². The number of imidazole rings is 1. The molecule has 8 heteroatoms. The number of likely N-dealkylation sites (tertiary alicyclic amines) is 1. The predicted octanol–water partition coefficient (Wildman–Crippen LogP) is 2.50. The van der Waals surface area contributed by atoms with Crippen LogP contribution in [0.5, 0.6) is 5.75 Å². The zero-order valence-corrected chi connectivity index (χ0v) is 13.6. The van der Waals surface area contributed by atoms with Crippen molar-refractivity contribution in [3.8, 4) is 5.75 Å². The lowest BCUT2D eigenvalue weighted by Crippen LogP contribution is -2.20. The third kappa shape index (κ3) is 3.85. The summed E-state index contributed by atoms with van der Waals surface area (Å²) in [4.78, 5) is 9.67. The molecule has 7 nitrogen and oxygen atoms in total. The van der Waals surface area contributed by atoms with Gasteiger partial charge in [-0.25, -0.2) is 9.37 Å². The van der Waals surface area contributed by atoms with Gasteiger partial charge in [-0.05, 0) is 37.2 Å². The summed E-state index contributed by atoms with van der Waals surface area (Å²) in [6.07, 6.45) is 4.56. The molecule has 1 aliphatic heterocycles. The smallest absolute Gasteiger partial charge is 0.253 e. The number of hydrogen-bond donors (Lipinski definition) is 1. The number of H-pyrrole nitrogens is 1. The van der Waals surface area contributed by atoms with Gasteiger partial charge in [-0.15, -0.1) is 10.2 Å². The fourth-order valence-corrected chi connectivity index (χ4v) is 2.94. The number of aromatic nitrogens is 4. The van der Waals surface area contributed by atoms with E-state index in [1.165, 1.54) is 12.1 Å². The van der Waals surface area contributed by atoms with Crippen LogP contribution in [0.3, 0.4) is 0 Å². The van der Waals surface area contributed by atoms with Crippen LogP contribution in [0.4, 0.5) is 4.39 Å². The van der Waals surface area contributed by atoms with Gasteiger partial charge in [0.25, 0.3) is 5.89 Å². The number of ether oxygens (including phenoxy) is 1. The molecular weight excluding hydrogens is 325 g/mol. The Kier molecular flexibility index (Phi) is 4.43. The van der Waals surface area contributed by atoms with Crippen LogP contribution >= 0.6 is 0 Å². The largest absolute Gasteiger partial charge is 0.484 e. The minimum absolute atomic E-state index is 0.168. The third-order valence-electron chi connectivity index (χ3n) is 4.21. The molecule has 1 saturated heterocycles. The summed E-state index contributed by atoms with van der Waals surface area (Å²) in [7, 11) is 0. The monoisotopic (exact) mass is 343 g/mol. The summed E-state index contributed by atoms with van der Waals surface area (Å²) in [5.74, 6) is 2.50. The highest BCUT2D eigenvalue weighted by molar-refractivity contribution is 5.22. The van der Waals surface area contributed by atoms with Gasteiger partial charge in [0.05, 0.1) is 12.5 Å². The average molecular weight is 343 g/mol. The van der Waals surface area contributed by atoms with Crippen molar-refractivity contribution in [3.63, 3.8) is 0 Å². The van der Waals surface area contributed by atoms with Gasteiger partial charge in [-0.1, -0.05) is 0 Å². The van der Waals surface area contributed by atoms with Crippen molar-refractivity contribution < 1.29 is 13.5 Å². The van der Waals surface area contributed by atoms with Gasteiger partial charge in [0.15, 0.2) is 6.61 Å². The Balaban J connectivity index is 1.31. The Morgan fingerprint density at radius 3 is 2.96 bits per heavy atom. The van der Waals surface area contributed by atoms with E-state index in [-0.39, 0.29) is 18.3 Å². The number of nitrogens with one attached hydrogen (secondary N) is 1. The van der Waals surface area contributed by atoms with Crippen molar-refractivity contribution in [2.24, 2.45) is 0 Å². The van der Waals surface area contributed by atoms with E-state index < -0.39 is 0 Å². The Morgan fingerprint density at radius 1 is 1.28 bits per heavy atom. The fourth-order valence-electron chi connectivity index (χ4n) is 2.94. The molecular formula is C17H18FN5O2. The number of hydrogen-bond acceptors (Lipinski definition) is 6. The van der Waals surface area contributed by atoms with Crippen LogP contribution in [-0.4, -0.2) is 38.2 Å². The summed E-state index contributed by atoms with van der Waals surface area (Å²) >= 11 is 0. The highest BCUT2D eigenvalue weighted by Crippen LogP contribution is 2.27. The van der Waals surface area contributed by atoms with Gasteiger partial charge in [0, 0.05) is 18.9 Å². The molecule has 0 spiro atoms. The SMILES string of the molecule is Fc1ccc(OCc2nnc([C@H]3CCN(Cc4ncc[nH]4)C3)o2)cc1. The van der Waals surface area contributed by atoms with Crippen molar-refractivity contribution in [1.82, 2.24) is 25.1 Å². The van der Waals surface area contributed by atoms with E-state index >= 15 is 0 Å². The fraction of sp³-hybridized carbons (Fsp3) is 0.353. The molecule has 0 unspecified atom stereocenters. The highest BCUT2D eigenvalue weighted by Gasteiger charge is 2.28. The van der Waals surface area contributed by atoms with Gasteiger partial charge < -0.3 is 14.1 Å². The van der Waals surface area contributed by atoms with Gasteiger partial charge in [0.2, 0.25) is 5.89 Å². The molecule has 3 heterocycles. The first-order chi connectivity index (χ1) is 12.3. The van der Waals surface area contributed by atoms with Crippen molar-refractivity contribution in [3.05, 3.63) is 60.1 Å². The normalized spacial score (nSPS) is 17.9. The van der Waals surface area contributed by atoms with E-state index in [2.05, 4.69) is 25.1 Å². The van der Waals surface area contributed by atoms with E-state index in [9.17, 15) is 4.39 Å². The van der Waals surface area contributed by atoms with Crippen LogP contribution in [0.1, 0.15) is 29.9 Å². The summed E-state index contributed by atoms with van der Waals surface area (Å²) in [6, 6.07) is 5.83.